The van der Waals surface area contributed by atoms with Crippen LogP contribution >= 0.6 is 6.64 Å². The van der Waals surface area contributed by atoms with Crippen LogP contribution in [0.5, 0.6) is 0 Å². The van der Waals surface area contributed by atoms with Crippen LogP contribution in [0.25, 0.3) is 0 Å². The van der Waals surface area contributed by atoms with Gasteiger partial charge in [0, 0.05) is 34.3 Å². The molecule has 1 rings (SSSR count). The molecule has 0 saturated carbocycles. The van der Waals surface area contributed by atoms with Gasteiger partial charge in [0.2, 0.25) is 5.96 Å². The van der Waals surface area contributed by atoms with E-state index in [2.05, 4.69) is 4.76 Å². The van der Waals surface area contributed by atoms with Gasteiger partial charge in [0.15, 0.2) is 0 Å². The van der Waals surface area contributed by atoms with Gasteiger partial charge in [-0.15, -0.1) is 0 Å². The van der Waals surface area contributed by atoms with Gasteiger partial charge in [-0.05, 0) is 11.8 Å². The molecule has 1 saturated heterocycles. The van der Waals surface area contributed by atoms with Crippen LogP contribution in [0.3, 0.4) is 0 Å². The summed E-state index contributed by atoms with van der Waals surface area (Å²) in [5.41, 5.74) is 0. The minimum absolute atomic E-state index is 0.702. The van der Waals surface area contributed by atoms with Gasteiger partial charge in [-0.1, -0.05) is 0 Å². The van der Waals surface area contributed by atoms with Gasteiger partial charge in [0.1, 0.15) is 0 Å². The number of guanidine groups is 1. The van der Waals surface area contributed by atoms with E-state index in [0.717, 1.165) is 13.1 Å². The van der Waals surface area contributed by atoms with Crippen LogP contribution in [0.2, 0.25) is 0 Å². The number of rotatable bonds is 2. The normalized spacial score (nSPS) is 22.0. The van der Waals surface area contributed by atoms with E-state index in [-0.39, 0.29) is 0 Å². The third kappa shape index (κ3) is 2.64. The Morgan fingerprint density at radius 1 is 1.46 bits per heavy atom. The molecular formula is C6H14N3O2PS. The Bertz CT molecular complexity index is 259. The van der Waals surface area contributed by atoms with Gasteiger partial charge in [-0.2, -0.15) is 4.76 Å². The molecule has 5 nitrogen and oxygen atoms in total. The van der Waals surface area contributed by atoms with Crippen molar-refractivity contribution >= 4 is 24.4 Å². The van der Waals surface area contributed by atoms with Crippen molar-refractivity contribution in [1.29, 1.82) is 0 Å². The molecule has 1 N–H and O–H groups in total. The van der Waals surface area contributed by atoms with Crippen molar-refractivity contribution in [3.8, 4) is 0 Å². The molecule has 0 aromatic rings. The summed E-state index contributed by atoms with van der Waals surface area (Å²) in [5.74, 6) is 0.702. The van der Waals surface area contributed by atoms with Crippen molar-refractivity contribution in [2.24, 2.45) is 4.76 Å². The lowest BCUT2D eigenvalue weighted by Crippen LogP contribution is -2.28. The first-order chi connectivity index (χ1) is 5.96. The number of nitrogens with zero attached hydrogens (tertiary/aromatic N) is 3. The summed E-state index contributed by atoms with van der Waals surface area (Å²) in [4.78, 5) is 13.4. The van der Waals surface area contributed by atoms with Crippen molar-refractivity contribution in [2.75, 3.05) is 34.3 Å². The van der Waals surface area contributed by atoms with E-state index in [4.69, 9.17) is 16.3 Å². The summed E-state index contributed by atoms with van der Waals surface area (Å²) >= 11 is 4.79. The monoisotopic (exact) mass is 223 g/mol. The van der Waals surface area contributed by atoms with Crippen LogP contribution in [-0.2, 0) is 16.3 Å². The summed E-state index contributed by atoms with van der Waals surface area (Å²) in [6, 6.07) is 0. The van der Waals surface area contributed by atoms with Crippen LogP contribution in [0.15, 0.2) is 4.76 Å². The van der Waals surface area contributed by atoms with Crippen molar-refractivity contribution in [3.63, 3.8) is 0 Å². The van der Waals surface area contributed by atoms with E-state index in [1.807, 2.05) is 23.9 Å². The lowest BCUT2D eigenvalue weighted by Gasteiger charge is -2.17. The van der Waals surface area contributed by atoms with Crippen LogP contribution in [0, 0.1) is 0 Å². The molecule has 7 heteroatoms. The lowest BCUT2D eigenvalue weighted by atomic mass is 10.6. The average Bonchev–Trinajstić information content (AvgIpc) is 2.36. The standard InChI is InChI=1S/C6H14N3O2PS/c1-8-4-5-9(2)6(8)7-12(10,13)11-3/h4-5H2,1-3H3,(H,10,13)/t12-/m0/s1. The fourth-order valence-corrected chi connectivity index (χ4v) is 1.93. The van der Waals surface area contributed by atoms with Crippen LogP contribution in [0.1, 0.15) is 0 Å². The van der Waals surface area contributed by atoms with Gasteiger partial charge in [0.25, 0.3) is 0 Å². The molecule has 0 aliphatic carbocycles. The molecule has 13 heavy (non-hydrogen) atoms. The molecule has 0 unspecified atom stereocenters. The molecule has 0 aromatic heterocycles. The maximum atomic E-state index is 9.48. The molecule has 0 radical (unpaired) electrons. The number of hydrogen-bond donors (Lipinski definition) is 1. The molecule has 0 aromatic carbocycles. The zero-order chi connectivity index (χ0) is 10.1. The highest BCUT2D eigenvalue weighted by Crippen LogP contribution is 2.43. The molecule has 1 aliphatic rings. The van der Waals surface area contributed by atoms with Gasteiger partial charge in [0.05, 0.1) is 0 Å². The lowest BCUT2D eigenvalue weighted by molar-refractivity contribution is 0.387. The van der Waals surface area contributed by atoms with Gasteiger partial charge in [-0.25, -0.2) is 0 Å². The largest absolute Gasteiger partial charge is 0.344 e. The Balaban J connectivity index is 2.86. The summed E-state index contributed by atoms with van der Waals surface area (Å²) in [7, 11) is 5.19. The van der Waals surface area contributed by atoms with Crippen molar-refractivity contribution < 1.29 is 9.42 Å². The molecule has 76 valence electrons. The Kier molecular flexibility index (Phi) is 3.29. The number of likely N-dealkylation sites (N-methyl/N-ethyl adjacent to an activating group) is 2. The van der Waals surface area contributed by atoms with E-state index in [9.17, 15) is 4.89 Å². The van der Waals surface area contributed by atoms with Gasteiger partial charge in [-0.3, -0.25) is 0 Å². The van der Waals surface area contributed by atoms with Gasteiger partial charge >= 0.3 is 6.64 Å². The Morgan fingerprint density at radius 3 is 2.31 bits per heavy atom. The predicted octanol–water partition coefficient (Wildman–Crippen LogP) is 0.0828. The average molecular weight is 223 g/mol. The first kappa shape index (κ1) is 10.9. The Morgan fingerprint density at radius 2 is 1.92 bits per heavy atom. The second-order valence-electron chi connectivity index (χ2n) is 2.92. The Hall–Kier alpha value is -0.160. The summed E-state index contributed by atoms with van der Waals surface area (Å²) in [6.45, 7) is -1.16. The first-order valence-corrected chi connectivity index (χ1v) is 6.50. The molecule has 0 amide bonds. The van der Waals surface area contributed by atoms with Crippen LogP contribution < -0.4 is 0 Å². The predicted molar refractivity (Wildman–Crippen MR) is 56.2 cm³/mol. The second-order valence-corrected chi connectivity index (χ2v) is 5.89. The molecule has 1 heterocycles. The maximum absolute atomic E-state index is 9.48. The maximum Gasteiger partial charge on any atom is 0.309 e. The summed E-state index contributed by atoms with van der Waals surface area (Å²) in [6.07, 6.45) is 0. The van der Waals surface area contributed by atoms with E-state index < -0.39 is 6.64 Å². The quantitative estimate of drug-likeness (QED) is 0.672. The molecular weight excluding hydrogens is 209 g/mol. The SMILES string of the molecule is CO[P@](O)(=S)N=C1N(C)CCN1C. The topological polar surface area (TPSA) is 48.3 Å². The van der Waals surface area contributed by atoms with E-state index in [1.165, 1.54) is 7.11 Å². The molecule has 1 atom stereocenters. The fraction of sp³-hybridized carbons (Fsp3) is 0.833. The number of hydrogen-bond acceptors (Lipinski definition) is 2. The van der Waals surface area contributed by atoms with E-state index in [0.29, 0.717) is 5.96 Å². The highest BCUT2D eigenvalue weighted by atomic mass is 32.5. The van der Waals surface area contributed by atoms with Gasteiger partial charge < -0.3 is 19.2 Å². The summed E-state index contributed by atoms with van der Waals surface area (Å²) in [5, 5.41) is 0. The minimum atomic E-state index is -2.96. The summed E-state index contributed by atoms with van der Waals surface area (Å²) < 4.78 is 8.75. The molecule has 0 spiro atoms. The third-order valence-electron chi connectivity index (χ3n) is 1.91. The second kappa shape index (κ2) is 3.92. The van der Waals surface area contributed by atoms with Crippen LogP contribution in [-0.4, -0.2) is 54.9 Å². The van der Waals surface area contributed by atoms with E-state index >= 15 is 0 Å². The third-order valence-corrected chi connectivity index (χ3v) is 3.51. The molecule has 1 aliphatic heterocycles. The fourth-order valence-electron chi connectivity index (χ4n) is 1.10. The smallest absolute Gasteiger partial charge is 0.309 e. The highest BCUT2D eigenvalue weighted by molar-refractivity contribution is 8.08. The Labute approximate surface area is 83.2 Å². The van der Waals surface area contributed by atoms with Crippen molar-refractivity contribution in [3.05, 3.63) is 0 Å². The van der Waals surface area contributed by atoms with Crippen molar-refractivity contribution in [2.45, 2.75) is 0 Å². The minimum Gasteiger partial charge on any atom is -0.344 e. The van der Waals surface area contributed by atoms with Crippen molar-refractivity contribution in [1.82, 2.24) is 9.80 Å². The molecule has 1 fully saturated rings. The zero-order valence-corrected chi connectivity index (χ0v) is 9.68. The highest BCUT2D eigenvalue weighted by Gasteiger charge is 2.23. The van der Waals surface area contributed by atoms with E-state index in [1.54, 1.807) is 0 Å². The first-order valence-electron chi connectivity index (χ1n) is 3.87. The molecule has 0 bridgehead atoms. The van der Waals surface area contributed by atoms with Crippen LogP contribution in [0.4, 0.5) is 0 Å². The zero-order valence-electron chi connectivity index (χ0n) is 7.97.